The zero-order chi connectivity index (χ0) is 16.5. The Morgan fingerprint density at radius 2 is 2.00 bits per heavy atom. The van der Waals surface area contributed by atoms with Gasteiger partial charge in [-0.1, -0.05) is 13.3 Å². The third-order valence-corrected chi connectivity index (χ3v) is 4.87. The second kappa shape index (κ2) is 8.69. The summed E-state index contributed by atoms with van der Waals surface area (Å²) in [6, 6.07) is 6.54. The predicted octanol–water partition coefficient (Wildman–Crippen LogP) is 1.85. The van der Waals surface area contributed by atoms with Crippen molar-refractivity contribution in [2.24, 2.45) is 0 Å². The van der Waals surface area contributed by atoms with Gasteiger partial charge >= 0.3 is 0 Å². The Morgan fingerprint density at radius 1 is 1.22 bits per heavy atom. The number of benzene rings is 1. The molecule has 0 bridgehead atoms. The predicted molar refractivity (Wildman–Crippen MR) is 87.6 cm³/mol. The fourth-order valence-electron chi connectivity index (χ4n) is 2.06. The number of sulfonamides is 1. The first-order valence-corrected chi connectivity index (χ1v) is 9.34. The van der Waals surface area contributed by atoms with Crippen LogP contribution in [0.25, 0.3) is 0 Å². The molecule has 1 aromatic carbocycles. The lowest BCUT2D eigenvalue weighted by molar-refractivity contribution is -0.695. The third-order valence-electron chi connectivity index (χ3n) is 3.39. The number of rotatable bonds is 10. The fourth-order valence-corrected chi connectivity index (χ4v) is 3.13. The molecule has 2 rings (SSSR count). The SMILES string of the molecule is CCCCOc1ccc(S(=O)(=O)NCCC[n+]2cc[nH]c2)cc1. The molecule has 6 nitrogen and oxygen atoms in total. The molecule has 0 aliphatic rings. The van der Waals surface area contributed by atoms with Gasteiger partial charge in [0.25, 0.3) is 0 Å². The maximum Gasteiger partial charge on any atom is 0.241 e. The van der Waals surface area contributed by atoms with Crippen molar-refractivity contribution in [3.8, 4) is 5.75 Å². The second-order valence-corrected chi connectivity index (χ2v) is 7.04. The molecule has 0 unspecified atom stereocenters. The molecule has 0 spiro atoms. The Labute approximate surface area is 137 Å². The Kier molecular flexibility index (Phi) is 6.61. The van der Waals surface area contributed by atoms with Crippen LogP contribution in [0.3, 0.4) is 0 Å². The standard InChI is InChI=1S/C16H23N3O3S/c1-2-3-13-22-15-5-7-16(8-6-15)23(20,21)18-9-4-11-19-12-10-17-14-19/h5-8,10,12,14,18H,2-4,9,11,13H2,1H3/p+1. The zero-order valence-corrected chi connectivity index (χ0v) is 14.2. The molecule has 2 aromatic rings. The van der Waals surface area contributed by atoms with Gasteiger partial charge in [-0.2, -0.15) is 0 Å². The Balaban J connectivity index is 1.81. The van der Waals surface area contributed by atoms with Crippen LogP contribution in [0, 0.1) is 0 Å². The van der Waals surface area contributed by atoms with Crippen molar-refractivity contribution in [2.45, 2.75) is 37.6 Å². The molecule has 126 valence electrons. The number of nitrogens with zero attached hydrogens (tertiary/aromatic N) is 1. The highest BCUT2D eigenvalue weighted by atomic mass is 32.2. The van der Waals surface area contributed by atoms with Crippen molar-refractivity contribution >= 4 is 10.0 Å². The number of hydrogen-bond donors (Lipinski definition) is 2. The van der Waals surface area contributed by atoms with Gasteiger partial charge in [0.1, 0.15) is 18.1 Å². The number of hydrogen-bond acceptors (Lipinski definition) is 3. The smallest absolute Gasteiger partial charge is 0.241 e. The highest BCUT2D eigenvalue weighted by Crippen LogP contribution is 2.16. The van der Waals surface area contributed by atoms with Crippen LogP contribution in [-0.2, 0) is 16.6 Å². The van der Waals surface area contributed by atoms with Crippen LogP contribution in [0.2, 0.25) is 0 Å². The summed E-state index contributed by atoms with van der Waals surface area (Å²) in [6.07, 6.45) is 8.35. The molecule has 0 atom stereocenters. The van der Waals surface area contributed by atoms with E-state index >= 15 is 0 Å². The summed E-state index contributed by atoms with van der Waals surface area (Å²) >= 11 is 0. The van der Waals surface area contributed by atoms with E-state index in [0.29, 0.717) is 18.9 Å². The van der Waals surface area contributed by atoms with Crippen LogP contribution < -0.4 is 14.0 Å². The molecular formula is C16H24N3O3S+. The number of aryl methyl sites for hydroxylation is 1. The van der Waals surface area contributed by atoms with E-state index in [2.05, 4.69) is 16.6 Å². The van der Waals surface area contributed by atoms with Crippen LogP contribution in [0.5, 0.6) is 5.75 Å². The lowest BCUT2D eigenvalue weighted by Crippen LogP contribution is -2.33. The molecule has 0 radical (unpaired) electrons. The van der Waals surface area contributed by atoms with Crippen LogP contribution in [-0.4, -0.2) is 26.6 Å². The van der Waals surface area contributed by atoms with Gasteiger partial charge in [-0.25, -0.2) is 17.7 Å². The van der Waals surface area contributed by atoms with Gasteiger partial charge in [0.15, 0.2) is 0 Å². The van der Waals surface area contributed by atoms with Gasteiger partial charge < -0.3 is 4.74 Å². The first kappa shape index (κ1) is 17.5. The fraction of sp³-hybridized carbons (Fsp3) is 0.438. The van der Waals surface area contributed by atoms with E-state index < -0.39 is 10.0 Å². The summed E-state index contributed by atoms with van der Waals surface area (Å²) in [4.78, 5) is 3.21. The first-order chi connectivity index (χ1) is 11.1. The van der Waals surface area contributed by atoms with Crippen LogP contribution >= 0.6 is 0 Å². The molecule has 23 heavy (non-hydrogen) atoms. The average Bonchev–Trinajstić information content (AvgIpc) is 3.06. The molecule has 0 saturated heterocycles. The molecule has 0 saturated carbocycles. The molecule has 7 heteroatoms. The minimum Gasteiger partial charge on any atom is -0.494 e. The number of unbranched alkanes of at least 4 members (excludes halogenated alkanes) is 1. The van der Waals surface area contributed by atoms with Crippen molar-refractivity contribution in [2.75, 3.05) is 13.2 Å². The van der Waals surface area contributed by atoms with Gasteiger partial charge in [0.05, 0.1) is 18.0 Å². The van der Waals surface area contributed by atoms with Crippen molar-refractivity contribution in [3.05, 3.63) is 43.0 Å². The van der Waals surface area contributed by atoms with Crippen LogP contribution in [0.4, 0.5) is 0 Å². The Morgan fingerprint density at radius 3 is 2.65 bits per heavy atom. The lowest BCUT2D eigenvalue weighted by Gasteiger charge is -2.08. The quantitative estimate of drug-likeness (QED) is 0.513. The number of aromatic amines is 1. The molecule has 0 fully saturated rings. The molecule has 0 amide bonds. The first-order valence-electron chi connectivity index (χ1n) is 7.86. The number of aromatic nitrogens is 2. The summed E-state index contributed by atoms with van der Waals surface area (Å²) in [6.45, 7) is 3.91. The molecule has 2 N–H and O–H groups in total. The molecule has 1 aromatic heterocycles. The van der Waals surface area contributed by atoms with Gasteiger partial charge in [-0.3, -0.25) is 4.98 Å². The van der Waals surface area contributed by atoms with Crippen molar-refractivity contribution < 1.29 is 17.7 Å². The van der Waals surface area contributed by atoms with E-state index in [1.165, 1.54) is 0 Å². The average molecular weight is 338 g/mol. The number of H-pyrrole nitrogens is 1. The highest BCUT2D eigenvalue weighted by Gasteiger charge is 2.13. The maximum atomic E-state index is 12.2. The van der Waals surface area contributed by atoms with E-state index in [9.17, 15) is 8.42 Å². The number of ether oxygens (including phenoxy) is 1. The van der Waals surface area contributed by atoms with E-state index in [-0.39, 0.29) is 4.90 Å². The van der Waals surface area contributed by atoms with Gasteiger partial charge in [0.2, 0.25) is 16.4 Å². The van der Waals surface area contributed by atoms with Crippen LogP contribution in [0.15, 0.2) is 47.9 Å². The monoisotopic (exact) mass is 338 g/mol. The van der Waals surface area contributed by atoms with Crippen molar-refractivity contribution in [3.63, 3.8) is 0 Å². The Bertz CT molecular complexity index is 667. The topological polar surface area (TPSA) is 75.1 Å². The van der Waals surface area contributed by atoms with E-state index in [4.69, 9.17) is 4.74 Å². The summed E-state index contributed by atoms with van der Waals surface area (Å²) in [7, 11) is -3.47. The molecule has 1 heterocycles. The molecular weight excluding hydrogens is 314 g/mol. The summed E-state index contributed by atoms with van der Waals surface area (Å²) in [5.41, 5.74) is 0. The lowest BCUT2D eigenvalue weighted by atomic mass is 10.3. The molecule has 0 aliphatic carbocycles. The van der Waals surface area contributed by atoms with Crippen molar-refractivity contribution in [1.82, 2.24) is 9.71 Å². The molecule has 0 aliphatic heterocycles. The summed E-state index contributed by atoms with van der Waals surface area (Å²) < 4.78 is 34.5. The number of imidazole rings is 1. The zero-order valence-electron chi connectivity index (χ0n) is 13.4. The number of nitrogens with one attached hydrogen (secondary N) is 2. The highest BCUT2D eigenvalue weighted by molar-refractivity contribution is 7.89. The van der Waals surface area contributed by atoms with E-state index in [1.807, 2.05) is 23.3 Å². The minimum atomic E-state index is -3.47. The van der Waals surface area contributed by atoms with E-state index in [0.717, 1.165) is 25.8 Å². The maximum absolute atomic E-state index is 12.2. The summed E-state index contributed by atoms with van der Waals surface area (Å²) in [5, 5.41) is 0. The third kappa shape index (κ3) is 5.69. The largest absolute Gasteiger partial charge is 0.494 e. The van der Waals surface area contributed by atoms with Gasteiger partial charge in [-0.05, 0) is 37.1 Å². The normalized spacial score (nSPS) is 11.5. The second-order valence-electron chi connectivity index (χ2n) is 5.27. The van der Waals surface area contributed by atoms with Gasteiger partial charge in [0, 0.05) is 6.54 Å². The van der Waals surface area contributed by atoms with E-state index in [1.54, 1.807) is 24.3 Å². The summed E-state index contributed by atoms with van der Waals surface area (Å²) in [5.74, 6) is 0.696. The van der Waals surface area contributed by atoms with Gasteiger partial charge in [-0.15, -0.1) is 0 Å². The minimum absolute atomic E-state index is 0.259. The Hall–Kier alpha value is -1.86. The van der Waals surface area contributed by atoms with Crippen molar-refractivity contribution in [1.29, 1.82) is 0 Å². The van der Waals surface area contributed by atoms with Crippen LogP contribution in [0.1, 0.15) is 26.2 Å².